The Kier molecular flexibility index (Phi) is 4.53. The summed E-state index contributed by atoms with van der Waals surface area (Å²) in [7, 11) is 0. The fourth-order valence-electron chi connectivity index (χ4n) is 3.54. The van der Waals surface area contributed by atoms with Gasteiger partial charge in [0.1, 0.15) is 0 Å². The molecule has 0 aliphatic carbocycles. The maximum atomic E-state index is 6.61. The third-order valence-corrected chi connectivity index (χ3v) is 5.31. The monoisotopic (exact) mass is 356 g/mol. The van der Waals surface area contributed by atoms with E-state index in [2.05, 4.69) is 92.7 Å². The SMILES string of the molecule is Cc1cccc(Cc2ccc(-c3ccc4c(C)cccc4c3)cc2Cl)c1. The maximum Gasteiger partial charge on any atom is 0.0447 e. The molecule has 0 saturated carbocycles. The number of rotatable bonds is 3. The van der Waals surface area contributed by atoms with Crippen molar-refractivity contribution in [1.82, 2.24) is 0 Å². The van der Waals surface area contributed by atoms with Gasteiger partial charge in [0.05, 0.1) is 0 Å². The van der Waals surface area contributed by atoms with Crippen LogP contribution in [-0.2, 0) is 6.42 Å². The molecule has 4 rings (SSSR count). The molecule has 0 aliphatic rings. The summed E-state index contributed by atoms with van der Waals surface area (Å²) in [6, 6.07) is 28.1. The highest BCUT2D eigenvalue weighted by Gasteiger charge is 2.07. The number of halogens is 1. The number of hydrogen-bond donors (Lipinski definition) is 0. The molecule has 0 amide bonds. The molecule has 0 N–H and O–H groups in total. The molecule has 26 heavy (non-hydrogen) atoms. The topological polar surface area (TPSA) is 0 Å². The minimum absolute atomic E-state index is 0.827. The standard InChI is InChI=1S/C25H21Cl/c1-17-5-3-7-19(13-17)14-23-10-9-21(16-25(23)26)20-11-12-24-18(2)6-4-8-22(24)15-20/h3-13,15-16H,14H2,1-2H3. The zero-order valence-electron chi connectivity index (χ0n) is 15.1. The summed E-state index contributed by atoms with van der Waals surface area (Å²) in [6.07, 6.45) is 0.859. The summed E-state index contributed by atoms with van der Waals surface area (Å²) >= 11 is 6.61. The minimum Gasteiger partial charge on any atom is -0.0840 e. The van der Waals surface area contributed by atoms with Gasteiger partial charge >= 0.3 is 0 Å². The number of benzene rings is 4. The molecule has 1 heteroatoms. The van der Waals surface area contributed by atoms with E-state index < -0.39 is 0 Å². The van der Waals surface area contributed by atoms with Crippen LogP contribution in [-0.4, -0.2) is 0 Å². The Bertz CT molecular complexity index is 1090. The maximum absolute atomic E-state index is 6.61. The van der Waals surface area contributed by atoms with Gasteiger partial charge in [-0.05, 0) is 71.0 Å². The number of hydrogen-bond acceptors (Lipinski definition) is 0. The fourth-order valence-corrected chi connectivity index (χ4v) is 3.78. The van der Waals surface area contributed by atoms with Gasteiger partial charge in [0, 0.05) is 5.02 Å². The van der Waals surface area contributed by atoms with Crippen molar-refractivity contribution in [2.24, 2.45) is 0 Å². The van der Waals surface area contributed by atoms with Crippen LogP contribution < -0.4 is 0 Å². The first-order valence-corrected chi connectivity index (χ1v) is 9.32. The second-order valence-corrected chi connectivity index (χ2v) is 7.39. The molecule has 4 aromatic rings. The normalized spacial score (nSPS) is 11.0. The van der Waals surface area contributed by atoms with Crippen molar-refractivity contribution >= 4 is 22.4 Å². The molecule has 0 unspecified atom stereocenters. The van der Waals surface area contributed by atoms with Gasteiger partial charge in [-0.3, -0.25) is 0 Å². The van der Waals surface area contributed by atoms with E-state index in [9.17, 15) is 0 Å². The fraction of sp³-hybridized carbons (Fsp3) is 0.120. The van der Waals surface area contributed by atoms with Crippen molar-refractivity contribution in [3.63, 3.8) is 0 Å². The lowest BCUT2D eigenvalue weighted by molar-refractivity contribution is 1.18. The van der Waals surface area contributed by atoms with Crippen molar-refractivity contribution in [2.45, 2.75) is 20.3 Å². The molecule has 0 aromatic heterocycles. The van der Waals surface area contributed by atoms with Gasteiger partial charge in [-0.15, -0.1) is 0 Å². The molecule has 0 nitrogen and oxygen atoms in total. The van der Waals surface area contributed by atoms with Crippen LogP contribution in [0.1, 0.15) is 22.3 Å². The van der Waals surface area contributed by atoms with Gasteiger partial charge < -0.3 is 0 Å². The van der Waals surface area contributed by atoms with E-state index >= 15 is 0 Å². The molecule has 0 aliphatic heterocycles. The van der Waals surface area contributed by atoms with Gasteiger partial charge in [-0.25, -0.2) is 0 Å². The van der Waals surface area contributed by atoms with Crippen LogP contribution in [0.25, 0.3) is 21.9 Å². The van der Waals surface area contributed by atoms with E-state index in [1.807, 2.05) is 0 Å². The molecular formula is C25H21Cl. The molecule has 128 valence electrons. The Morgan fingerprint density at radius 2 is 1.50 bits per heavy atom. The molecule has 0 fully saturated rings. The van der Waals surface area contributed by atoms with Crippen LogP contribution in [0.4, 0.5) is 0 Å². The summed E-state index contributed by atoms with van der Waals surface area (Å²) in [4.78, 5) is 0. The molecule has 0 atom stereocenters. The Hall–Kier alpha value is -2.57. The zero-order valence-corrected chi connectivity index (χ0v) is 15.8. The second-order valence-electron chi connectivity index (χ2n) is 6.98. The van der Waals surface area contributed by atoms with E-state index in [0.29, 0.717) is 0 Å². The molecule has 0 heterocycles. The third kappa shape index (κ3) is 3.38. The van der Waals surface area contributed by atoms with Crippen molar-refractivity contribution in [1.29, 1.82) is 0 Å². The summed E-state index contributed by atoms with van der Waals surface area (Å²) < 4.78 is 0. The van der Waals surface area contributed by atoms with E-state index in [-0.39, 0.29) is 0 Å². The number of aryl methyl sites for hydroxylation is 2. The molecule has 0 radical (unpaired) electrons. The predicted molar refractivity (Wildman–Crippen MR) is 113 cm³/mol. The van der Waals surface area contributed by atoms with E-state index in [4.69, 9.17) is 11.6 Å². The Labute approximate surface area is 160 Å². The van der Waals surface area contributed by atoms with Crippen LogP contribution >= 0.6 is 11.6 Å². The second kappa shape index (κ2) is 6.97. The highest BCUT2D eigenvalue weighted by molar-refractivity contribution is 6.31. The first kappa shape index (κ1) is 16.9. The third-order valence-electron chi connectivity index (χ3n) is 4.96. The van der Waals surface area contributed by atoms with Crippen LogP contribution in [0.15, 0.2) is 78.9 Å². The average molecular weight is 357 g/mol. The smallest absolute Gasteiger partial charge is 0.0447 e. The van der Waals surface area contributed by atoms with Gasteiger partial charge in [0.25, 0.3) is 0 Å². The first-order chi connectivity index (χ1) is 12.6. The largest absolute Gasteiger partial charge is 0.0840 e. The van der Waals surface area contributed by atoms with Crippen LogP contribution in [0.3, 0.4) is 0 Å². The van der Waals surface area contributed by atoms with E-state index in [1.54, 1.807) is 0 Å². The van der Waals surface area contributed by atoms with Gasteiger partial charge in [-0.1, -0.05) is 83.9 Å². The van der Waals surface area contributed by atoms with Crippen LogP contribution in [0, 0.1) is 13.8 Å². The number of fused-ring (bicyclic) bond motifs is 1. The minimum atomic E-state index is 0.827. The lowest BCUT2D eigenvalue weighted by Gasteiger charge is -2.10. The highest BCUT2D eigenvalue weighted by atomic mass is 35.5. The van der Waals surface area contributed by atoms with Crippen molar-refractivity contribution in [3.05, 3.63) is 106 Å². The zero-order chi connectivity index (χ0) is 18.1. The van der Waals surface area contributed by atoms with Crippen LogP contribution in [0.5, 0.6) is 0 Å². The summed E-state index contributed by atoms with van der Waals surface area (Å²) in [5.41, 5.74) is 7.40. The van der Waals surface area contributed by atoms with Crippen molar-refractivity contribution < 1.29 is 0 Å². The Morgan fingerprint density at radius 3 is 2.31 bits per heavy atom. The molecule has 0 saturated heterocycles. The van der Waals surface area contributed by atoms with Gasteiger partial charge in [0.2, 0.25) is 0 Å². The molecule has 0 bridgehead atoms. The molecular weight excluding hydrogens is 336 g/mol. The molecule has 4 aromatic carbocycles. The predicted octanol–water partition coefficient (Wildman–Crippen LogP) is 7.37. The Balaban J connectivity index is 1.67. The lowest BCUT2D eigenvalue weighted by Crippen LogP contribution is -1.91. The van der Waals surface area contributed by atoms with Crippen LogP contribution in [0.2, 0.25) is 5.02 Å². The summed E-state index contributed by atoms with van der Waals surface area (Å²) in [5.74, 6) is 0. The van der Waals surface area contributed by atoms with E-state index in [1.165, 1.54) is 33.0 Å². The highest BCUT2D eigenvalue weighted by Crippen LogP contribution is 2.30. The average Bonchev–Trinajstić information content (AvgIpc) is 2.63. The van der Waals surface area contributed by atoms with Crippen molar-refractivity contribution in [3.8, 4) is 11.1 Å². The quantitative estimate of drug-likeness (QED) is 0.359. The summed E-state index contributed by atoms with van der Waals surface area (Å²) in [5, 5.41) is 3.40. The van der Waals surface area contributed by atoms with Gasteiger partial charge in [0.15, 0.2) is 0 Å². The van der Waals surface area contributed by atoms with Crippen molar-refractivity contribution in [2.75, 3.05) is 0 Å². The summed E-state index contributed by atoms with van der Waals surface area (Å²) in [6.45, 7) is 4.27. The lowest BCUT2D eigenvalue weighted by atomic mass is 9.97. The van der Waals surface area contributed by atoms with Gasteiger partial charge in [-0.2, -0.15) is 0 Å². The first-order valence-electron chi connectivity index (χ1n) is 8.94. The molecule has 0 spiro atoms. The van der Waals surface area contributed by atoms with E-state index in [0.717, 1.165) is 22.6 Å². The Morgan fingerprint density at radius 1 is 0.731 bits per heavy atom.